The molecular formula is C24H27N3O2S. The summed E-state index contributed by atoms with van der Waals surface area (Å²) >= 11 is 1.48. The molecule has 1 aromatic carbocycles. The number of carbonyl (C=O) groups is 1. The molecule has 1 aliphatic carbocycles. The average Bonchev–Trinajstić information content (AvgIpc) is 3.21. The Hall–Kier alpha value is -2.47. The Labute approximate surface area is 180 Å². The van der Waals surface area contributed by atoms with Crippen molar-refractivity contribution in [3.63, 3.8) is 0 Å². The maximum Gasteiger partial charge on any atom is 0.263 e. The predicted molar refractivity (Wildman–Crippen MR) is 121 cm³/mol. The molecule has 0 radical (unpaired) electrons. The number of amides is 1. The van der Waals surface area contributed by atoms with E-state index in [9.17, 15) is 9.59 Å². The molecule has 1 aliphatic heterocycles. The maximum atomic E-state index is 13.3. The zero-order chi connectivity index (χ0) is 20.7. The molecule has 0 spiro atoms. The van der Waals surface area contributed by atoms with E-state index in [1.165, 1.54) is 53.5 Å². The minimum atomic E-state index is -0.127. The predicted octanol–water partition coefficient (Wildman–Crippen LogP) is 4.47. The van der Waals surface area contributed by atoms with Gasteiger partial charge in [0.05, 0.1) is 11.7 Å². The number of benzene rings is 1. The van der Waals surface area contributed by atoms with E-state index >= 15 is 0 Å². The summed E-state index contributed by atoms with van der Waals surface area (Å²) < 4.78 is 1.49. The molecule has 2 fully saturated rings. The second-order valence-electron chi connectivity index (χ2n) is 8.81. The van der Waals surface area contributed by atoms with E-state index in [1.54, 1.807) is 0 Å². The van der Waals surface area contributed by atoms with Gasteiger partial charge in [0.25, 0.3) is 5.56 Å². The van der Waals surface area contributed by atoms with Crippen LogP contribution in [0.3, 0.4) is 0 Å². The summed E-state index contributed by atoms with van der Waals surface area (Å²) in [6.07, 6.45) is 7.79. The molecule has 0 N–H and O–H groups in total. The van der Waals surface area contributed by atoms with E-state index in [0.717, 1.165) is 41.4 Å². The van der Waals surface area contributed by atoms with Crippen molar-refractivity contribution in [3.05, 3.63) is 51.9 Å². The highest BCUT2D eigenvalue weighted by atomic mass is 32.1. The van der Waals surface area contributed by atoms with Crippen LogP contribution in [-0.4, -0.2) is 33.4 Å². The van der Waals surface area contributed by atoms with Crippen LogP contribution in [0.15, 0.2) is 40.8 Å². The Morgan fingerprint density at radius 3 is 2.70 bits per heavy atom. The van der Waals surface area contributed by atoms with Gasteiger partial charge < -0.3 is 4.90 Å². The number of hydrogen-bond acceptors (Lipinski definition) is 4. The van der Waals surface area contributed by atoms with Gasteiger partial charge in [0.15, 0.2) is 0 Å². The molecule has 2 atom stereocenters. The van der Waals surface area contributed by atoms with Crippen LogP contribution >= 0.6 is 11.3 Å². The minimum absolute atomic E-state index is 0.0365. The molecule has 0 bridgehead atoms. The normalized spacial score (nSPS) is 21.6. The quantitative estimate of drug-likeness (QED) is 0.627. The monoisotopic (exact) mass is 421 g/mol. The number of hydrogen-bond donors (Lipinski definition) is 0. The zero-order valence-electron chi connectivity index (χ0n) is 17.3. The highest BCUT2D eigenvalue weighted by Crippen LogP contribution is 2.36. The van der Waals surface area contributed by atoms with Crippen molar-refractivity contribution in [2.75, 3.05) is 13.1 Å². The second-order valence-corrected chi connectivity index (χ2v) is 9.66. The summed E-state index contributed by atoms with van der Waals surface area (Å²) in [5, 5.41) is 2.61. The first kappa shape index (κ1) is 19.5. The molecule has 5 nitrogen and oxygen atoms in total. The van der Waals surface area contributed by atoms with Crippen LogP contribution in [0.4, 0.5) is 0 Å². The van der Waals surface area contributed by atoms with Crippen LogP contribution in [-0.2, 0) is 11.3 Å². The highest BCUT2D eigenvalue weighted by Gasteiger charge is 2.33. The van der Waals surface area contributed by atoms with Gasteiger partial charge in [0, 0.05) is 24.0 Å². The Bertz CT molecular complexity index is 1130. The number of nitrogens with zero attached hydrogens (tertiary/aromatic N) is 3. The SMILES string of the molecule is Cc1ccc(-c2csc3ncn(CC(=O)N4CCC5CCCCC5C4)c(=O)c23)cc1. The molecule has 2 aliphatic rings. The van der Waals surface area contributed by atoms with Gasteiger partial charge in [-0.05, 0) is 37.2 Å². The molecule has 1 amide bonds. The fourth-order valence-electron chi connectivity index (χ4n) is 5.10. The lowest BCUT2D eigenvalue weighted by Crippen LogP contribution is -2.46. The largest absolute Gasteiger partial charge is 0.341 e. The van der Waals surface area contributed by atoms with E-state index < -0.39 is 0 Å². The molecule has 2 unspecified atom stereocenters. The van der Waals surface area contributed by atoms with Crippen LogP contribution < -0.4 is 5.56 Å². The fourth-order valence-corrected chi connectivity index (χ4v) is 6.01. The van der Waals surface area contributed by atoms with Gasteiger partial charge in [0.2, 0.25) is 5.91 Å². The lowest BCUT2D eigenvalue weighted by atomic mass is 9.75. The van der Waals surface area contributed by atoms with Gasteiger partial charge in [-0.25, -0.2) is 4.98 Å². The van der Waals surface area contributed by atoms with Gasteiger partial charge in [-0.1, -0.05) is 49.1 Å². The molecule has 3 heterocycles. The van der Waals surface area contributed by atoms with E-state index in [-0.39, 0.29) is 18.0 Å². The molecule has 5 rings (SSSR count). The minimum Gasteiger partial charge on any atom is -0.341 e. The number of fused-ring (bicyclic) bond motifs is 2. The number of aryl methyl sites for hydroxylation is 1. The van der Waals surface area contributed by atoms with Gasteiger partial charge in [-0.2, -0.15) is 0 Å². The first-order valence-electron chi connectivity index (χ1n) is 10.9. The van der Waals surface area contributed by atoms with Crippen LogP contribution in [0.2, 0.25) is 0 Å². The highest BCUT2D eigenvalue weighted by molar-refractivity contribution is 7.17. The summed E-state index contributed by atoms with van der Waals surface area (Å²) in [4.78, 5) is 33.4. The van der Waals surface area contributed by atoms with Crippen molar-refractivity contribution in [3.8, 4) is 11.1 Å². The Kier molecular flexibility index (Phi) is 5.19. The van der Waals surface area contributed by atoms with Gasteiger partial charge in [0.1, 0.15) is 11.4 Å². The lowest BCUT2D eigenvalue weighted by Gasteiger charge is -2.41. The number of likely N-dealkylation sites (tertiary alicyclic amines) is 1. The summed E-state index contributed by atoms with van der Waals surface area (Å²) in [5.41, 5.74) is 2.96. The summed E-state index contributed by atoms with van der Waals surface area (Å²) in [6, 6.07) is 8.17. The van der Waals surface area contributed by atoms with Crippen LogP contribution in [0, 0.1) is 18.8 Å². The van der Waals surface area contributed by atoms with Crippen molar-refractivity contribution in [2.24, 2.45) is 11.8 Å². The van der Waals surface area contributed by atoms with E-state index in [4.69, 9.17) is 0 Å². The van der Waals surface area contributed by atoms with Crippen molar-refractivity contribution in [1.82, 2.24) is 14.5 Å². The molecule has 1 saturated heterocycles. The number of aromatic nitrogens is 2. The Morgan fingerprint density at radius 2 is 1.90 bits per heavy atom. The average molecular weight is 422 g/mol. The van der Waals surface area contributed by atoms with Crippen LogP contribution in [0.5, 0.6) is 0 Å². The lowest BCUT2D eigenvalue weighted by molar-refractivity contribution is -0.135. The molecule has 30 heavy (non-hydrogen) atoms. The number of thiophene rings is 1. The van der Waals surface area contributed by atoms with E-state index in [1.807, 2.05) is 41.5 Å². The topological polar surface area (TPSA) is 55.2 Å². The first-order chi connectivity index (χ1) is 14.6. The first-order valence-corrected chi connectivity index (χ1v) is 11.8. The third-order valence-electron chi connectivity index (χ3n) is 6.87. The van der Waals surface area contributed by atoms with Gasteiger partial charge in [-0.3, -0.25) is 14.2 Å². The van der Waals surface area contributed by atoms with Gasteiger partial charge in [-0.15, -0.1) is 11.3 Å². The number of rotatable bonds is 3. The van der Waals surface area contributed by atoms with Crippen molar-refractivity contribution < 1.29 is 4.79 Å². The Morgan fingerprint density at radius 1 is 1.13 bits per heavy atom. The zero-order valence-corrected chi connectivity index (χ0v) is 18.2. The number of piperidine rings is 1. The number of carbonyl (C=O) groups excluding carboxylic acids is 1. The second kappa shape index (κ2) is 7.99. The van der Waals surface area contributed by atoms with Crippen LogP contribution in [0.1, 0.15) is 37.7 Å². The smallest absolute Gasteiger partial charge is 0.263 e. The van der Waals surface area contributed by atoms with E-state index in [0.29, 0.717) is 11.3 Å². The standard InChI is InChI=1S/C24H27N3O2S/c1-16-6-8-18(9-7-16)20-14-30-23-22(20)24(29)27(15-25-23)13-21(28)26-11-10-17-4-2-3-5-19(17)12-26/h6-9,14-15,17,19H,2-5,10-13H2,1H3. The molecular weight excluding hydrogens is 394 g/mol. The maximum absolute atomic E-state index is 13.3. The van der Waals surface area contributed by atoms with Crippen molar-refractivity contribution in [2.45, 2.75) is 45.6 Å². The van der Waals surface area contributed by atoms with Crippen molar-refractivity contribution in [1.29, 1.82) is 0 Å². The third kappa shape index (κ3) is 3.58. The molecule has 156 valence electrons. The fraction of sp³-hybridized carbons (Fsp3) is 0.458. The summed E-state index contributed by atoms with van der Waals surface area (Å²) in [6.45, 7) is 3.78. The van der Waals surface area contributed by atoms with Gasteiger partial charge >= 0.3 is 0 Å². The van der Waals surface area contributed by atoms with Crippen LogP contribution in [0.25, 0.3) is 21.3 Å². The Balaban J connectivity index is 1.40. The van der Waals surface area contributed by atoms with E-state index in [2.05, 4.69) is 4.98 Å². The summed E-state index contributed by atoms with van der Waals surface area (Å²) in [7, 11) is 0. The molecule has 6 heteroatoms. The molecule has 1 saturated carbocycles. The van der Waals surface area contributed by atoms with Crippen molar-refractivity contribution >= 4 is 27.5 Å². The third-order valence-corrected chi connectivity index (χ3v) is 7.76. The molecule has 3 aromatic rings. The summed E-state index contributed by atoms with van der Waals surface area (Å²) in [5.74, 6) is 1.46. The molecule has 2 aromatic heterocycles.